The molecule has 0 aliphatic rings. The number of rotatable bonds is 3. The molecule has 1 heterocycles. The quantitative estimate of drug-likeness (QED) is 0.697. The van der Waals surface area contributed by atoms with E-state index < -0.39 is 5.91 Å². The summed E-state index contributed by atoms with van der Waals surface area (Å²) in [6.45, 7) is 8.11. The molecule has 0 saturated heterocycles. The van der Waals surface area contributed by atoms with E-state index >= 15 is 0 Å². The lowest BCUT2D eigenvalue weighted by atomic mass is 10.1. The highest BCUT2D eigenvalue weighted by Gasteiger charge is 2.12. The largest absolute Gasteiger partial charge is 0.365 e. The lowest BCUT2D eigenvalue weighted by Gasteiger charge is -2.11. The number of nitriles is 1. The summed E-state index contributed by atoms with van der Waals surface area (Å²) in [7, 11) is 0. The fourth-order valence-corrected chi connectivity index (χ4v) is 2.51. The normalized spacial score (nSPS) is 11.3. The van der Waals surface area contributed by atoms with E-state index in [1.165, 1.54) is 11.1 Å². The molecule has 1 aromatic carbocycles. The number of benzene rings is 1. The monoisotopic (exact) mass is 293 g/mol. The van der Waals surface area contributed by atoms with Crippen LogP contribution >= 0.6 is 0 Å². The highest BCUT2D eigenvalue weighted by atomic mass is 16.1. The third-order valence-corrected chi connectivity index (χ3v) is 3.90. The molecule has 0 spiro atoms. The van der Waals surface area contributed by atoms with E-state index in [4.69, 9.17) is 11.0 Å². The Labute approximate surface area is 130 Å². The number of amides is 1. The van der Waals surface area contributed by atoms with E-state index in [2.05, 4.69) is 36.6 Å². The van der Waals surface area contributed by atoms with Crippen molar-refractivity contribution in [1.29, 1.82) is 5.26 Å². The molecular weight excluding hydrogens is 274 g/mol. The molecule has 112 valence electrons. The summed E-state index contributed by atoms with van der Waals surface area (Å²) in [6, 6.07) is 10.1. The first-order valence-electron chi connectivity index (χ1n) is 7.03. The second kappa shape index (κ2) is 5.90. The minimum absolute atomic E-state index is 0.0414. The number of nitrogens with two attached hydrogens (primary N) is 1. The van der Waals surface area contributed by atoms with Gasteiger partial charge in [-0.2, -0.15) is 5.26 Å². The van der Waals surface area contributed by atoms with Crippen LogP contribution in [0.25, 0.3) is 11.8 Å². The van der Waals surface area contributed by atoms with Gasteiger partial charge >= 0.3 is 0 Å². The number of hydrogen-bond acceptors (Lipinski definition) is 2. The maximum Gasteiger partial charge on any atom is 0.259 e. The SMILES string of the molecule is Cc1ccc(-n2c(C)cc(/C=C(\C#N)C(N)=O)c2C)cc1C. The Hall–Kier alpha value is -2.80. The maximum absolute atomic E-state index is 11.2. The van der Waals surface area contributed by atoms with Crippen molar-refractivity contribution in [2.24, 2.45) is 5.73 Å². The number of aromatic nitrogens is 1. The summed E-state index contributed by atoms with van der Waals surface area (Å²) in [5.41, 5.74) is 11.5. The minimum Gasteiger partial charge on any atom is -0.365 e. The Balaban J connectivity index is 2.59. The molecule has 2 rings (SSSR count). The molecule has 2 aromatic rings. The van der Waals surface area contributed by atoms with E-state index in [1.54, 1.807) is 6.08 Å². The summed E-state index contributed by atoms with van der Waals surface area (Å²) >= 11 is 0. The van der Waals surface area contributed by atoms with Crippen molar-refractivity contribution in [1.82, 2.24) is 4.57 Å². The van der Waals surface area contributed by atoms with Gasteiger partial charge < -0.3 is 10.3 Å². The van der Waals surface area contributed by atoms with Gasteiger partial charge in [-0.1, -0.05) is 6.07 Å². The zero-order valence-corrected chi connectivity index (χ0v) is 13.3. The molecule has 0 fully saturated rings. The van der Waals surface area contributed by atoms with Crippen molar-refractivity contribution in [3.8, 4) is 11.8 Å². The standard InChI is InChI=1S/C18H19N3O/c1-11-5-6-17(7-12(11)2)21-13(3)8-15(14(21)4)9-16(10-19)18(20)22/h5-9H,1-4H3,(H2,20,22)/b16-9+. The average Bonchev–Trinajstić information content (AvgIpc) is 2.73. The van der Waals surface area contributed by atoms with E-state index in [1.807, 2.05) is 26.0 Å². The number of nitrogens with zero attached hydrogens (tertiary/aromatic N) is 2. The molecule has 0 saturated carbocycles. The highest BCUT2D eigenvalue weighted by Crippen LogP contribution is 2.24. The van der Waals surface area contributed by atoms with Crippen LogP contribution in [0, 0.1) is 39.0 Å². The second-order valence-corrected chi connectivity index (χ2v) is 5.46. The Morgan fingerprint density at radius 1 is 1.18 bits per heavy atom. The molecule has 22 heavy (non-hydrogen) atoms. The fraction of sp³-hybridized carbons (Fsp3) is 0.222. The van der Waals surface area contributed by atoms with Crippen LogP contribution in [0.15, 0.2) is 29.8 Å². The van der Waals surface area contributed by atoms with E-state index in [-0.39, 0.29) is 5.57 Å². The number of hydrogen-bond donors (Lipinski definition) is 1. The second-order valence-electron chi connectivity index (χ2n) is 5.46. The lowest BCUT2D eigenvalue weighted by Crippen LogP contribution is -2.12. The Morgan fingerprint density at radius 2 is 1.86 bits per heavy atom. The smallest absolute Gasteiger partial charge is 0.259 e. The van der Waals surface area contributed by atoms with Crippen LogP contribution in [0.3, 0.4) is 0 Å². The van der Waals surface area contributed by atoms with Gasteiger partial charge in [0.2, 0.25) is 0 Å². The molecule has 1 amide bonds. The molecule has 4 heteroatoms. The predicted octanol–water partition coefficient (Wildman–Crippen LogP) is 3.10. The van der Waals surface area contributed by atoms with E-state index in [0.29, 0.717) is 0 Å². The summed E-state index contributed by atoms with van der Waals surface area (Å²) in [5.74, 6) is -0.710. The van der Waals surface area contributed by atoms with Crippen LogP contribution in [0.5, 0.6) is 0 Å². The third kappa shape index (κ3) is 2.79. The van der Waals surface area contributed by atoms with Gasteiger partial charge in [-0.05, 0) is 68.7 Å². The number of carbonyl (C=O) groups is 1. The van der Waals surface area contributed by atoms with Gasteiger partial charge in [0, 0.05) is 17.1 Å². The van der Waals surface area contributed by atoms with Crippen molar-refractivity contribution < 1.29 is 4.79 Å². The molecule has 1 aromatic heterocycles. The summed E-state index contributed by atoms with van der Waals surface area (Å²) in [4.78, 5) is 11.2. The van der Waals surface area contributed by atoms with Crippen molar-refractivity contribution in [2.75, 3.05) is 0 Å². The van der Waals surface area contributed by atoms with Gasteiger partial charge in [0.1, 0.15) is 11.6 Å². The highest BCUT2D eigenvalue weighted by molar-refractivity contribution is 6.00. The summed E-state index contributed by atoms with van der Waals surface area (Å²) < 4.78 is 2.11. The maximum atomic E-state index is 11.2. The van der Waals surface area contributed by atoms with Gasteiger partial charge in [-0.15, -0.1) is 0 Å². The van der Waals surface area contributed by atoms with Gasteiger partial charge in [0.25, 0.3) is 5.91 Å². The third-order valence-electron chi connectivity index (χ3n) is 3.90. The first-order chi connectivity index (χ1) is 10.3. The van der Waals surface area contributed by atoms with Crippen molar-refractivity contribution in [3.05, 3.63) is 57.9 Å². The average molecular weight is 293 g/mol. The molecule has 0 aliphatic carbocycles. The molecular formula is C18H19N3O. The topological polar surface area (TPSA) is 71.8 Å². The van der Waals surface area contributed by atoms with Gasteiger partial charge in [-0.25, -0.2) is 0 Å². The summed E-state index contributed by atoms with van der Waals surface area (Å²) in [5, 5.41) is 8.98. The first-order valence-corrected chi connectivity index (χ1v) is 7.03. The van der Waals surface area contributed by atoms with E-state index in [9.17, 15) is 4.79 Å². The van der Waals surface area contributed by atoms with Gasteiger partial charge in [0.15, 0.2) is 0 Å². The molecule has 2 N–H and O–H groups in total. The summed E-state index contributed by atoms with van der Waals surface area (Å²) in [6.07, 6.45) is 1.54. The molecule has 0 unspecified atom stereocenters. The fourth-order valence-electron chi connectivity index (χ4n) is 2.51. The van der Waals surface area contributed by atoms with Gasteiger partial charge in [-0.3, -0.25) is 4.79 Å². The number of carbonyl (C=O) groups excluding carboxylic acids is 1. The van der Waals surface area contributed by atoms with Crippen molar-refractivity contribution in [2.45, 2.75) is 27.7 Å². The molecule has 0 radical (unpaired) electrons. The van der Waals surface area contributed by atoms with Crippen LogP contribution in [0.4, 0.5) is 0 Å². The molecule has 4 nitrogen and oxygen atoms in total. The Morgan fingerprint density at radius 3 is 2.41 bits per heavy atom. The van der Waals surface area contributed by atoms with Crippen LogP contribution in [0.1, 0.15) is 28.1 Å². The van der Waals surface area contributed by atoms with Gasteiger partial charge in [0.05, 0.1) is 0 Å². The van der Waals surface area contributed by atoms with Crippen LogP contribution in [-0.4, -0.2) is 10.5 Å². The van der Waals surface area contributed by atoms with Crippen molar-refractivity contribution in [3.63, 3.8) is 0 Å². The zero-order valence-electron chi connectivity index (χ0n) is 13.3. The molecule has 0 bridgehead atoms. The van der Waals surface area contributed by atoms with Crippen LogP contribution in [0.2, 0.25) is 0 Å². The van der Waals surface area contributed by atoms with Crippen molar-refractivity contribution >= 4 is 12.0 Å². The Kier molecular flexibility index (Phi) is 4.18. The van der Waals surface area contributed by atoms with Crippen LogP contribution < -0.4 is 5.73 Å². The zero-order chi connectivity index (χ0) is 16.4. The first kappa shape index (κ1) is 15.6. The molecule has 0 aliphatic heterocycles. The molecule has 0 atom stereocenters. The van der Waals surface area contributed by atoms with E-state index in [0.717, 1.165) is 22.6 Å². The number of primary amides is 1. The lowest BCUT2D eigenvalue weighted by molar-refractivity contribution is -0.114. The predicted molar refractivity (Wildman–Crippen MR) is 87.5 cm³/mol. The number of aryl methyl sites for hydroxylation is 3. The minimum atomic E-state index is -0.710. The van der Waals surface area contributed by atoms with Crippen LogP contribution in [-0.2, 0) is 4.79 Å². The Bertz CT molecular complexity index is 820.